The van der Waals surface area contributed by atoms with Gasteiger partial charge in [-0.1, -0.05) is 0 Å². The third-order valence-electron chi connectivity index (χ3n) is 5.93. The summed E-state index contributed by atoms with van der Waals surface area (Å²) in [5.41, 5.74) is 3.22. The number of ether oxygens (including phenoxy) is 1. The second kappa shape index (κ2) is 7.33. The molecule has 2 aliphatic rings. The van der Waals surface area contributed by atoms with Crippen LogP contribution in [0, 0.1) is 6.92 Å². The SMILES string of the molecule is COc1ccc(-c2cc(C(=O)NC3CC3)c3c(C)nn([C@@H]4CCS(=O)(=O)C4)c3n2)cc1. The molecule has 1 N–H and O–H groups in total. The number of rotatable bonds is 5. The number of sulfone groups is 1. The maximum absolute atomic E-state index is 13.1. The summed E-state index contributed by atoms with van der Waals surface area (Å²) >= 11 is 0. The molecule has 9 heteroatoms. The Bertz CT molecular complexity index is 1280. The average Bonchev–Trinajstić information content (AvgIpc) is 3.41. The number of carbonyl (C=O) groups excluding carboxylic acids is 1. The number of aryl methyl sites for hydroxylation is 1. The van der Waals surface area contributed by atoms with E-state index in [4.69, 9.17) is 9.72 Å². The molecule has 5 rings (SSSR count). The Hall–Kier alpha value is -2.94. The van der Waals surface area contributed by atoms with Gasteiger partial charge in [0.05, 0.1) is 47.0 Å². The Kier molecular flexibility index (Phi) is 4.73. The van der Waals surface area contributed by atoms with Gasteiger partial charge in [-0.3, -0.25) is 4.79 Å². The lowest BCUT2D eigenvalue weighted by atomic mass is 10.0. The van der Waals surface area contributed by atoms with E-state index in [2.05, 4.69) is 10.4 Å². The minimum Gasteiger partial charge on any atom is -0.497 e. The van der Waals surface area contributed by atoms with E-state index in [0.29, 0.717) is 34.4 Å². The fourth-order valence-corrected chi connectivity index (χ4v) is 5.81. The van der Waals surface area contributed by atoms with E-state index in [-0.39, 0.29) is 29.5 Å². The van der Waals surface area contributed by atoms with Gasteiger partial charge in [0, 0.05) is 11.6 Å². The van der Waals surface area contributed by atoms with Crippen LogP contribution >= 0.6 is 0 Å². The van der Waals surface area contributed by atoms with Crippen LogP contribution in [0.25, 0.3) is 22.3 Å². The summed E-state index contributed by atoms with van der Waals surface area (Å²) in [6.45, 7) is 1.84. The summed E-state index contributed by atoms with van der Waals surface area (Å²) in [7, 11) is -1.48. The van der Waals surface area contributed by atoms with Gasteiger partial charge in [0.15, 0.2) is 15.5 Å². The van der Waals surface area contributed by atoms with Gasteiger partial charge in [0.2, 0.25) is 0 Å². The van der Waals surface area contributed by atoms with Crippen LogP contribution in [0.15, 0.2) is 30.3 Å². The molecule has 162 valence electrons. The number of aromatic nitrogens is 3. The molecule has 1 amide bonds. The molecule has 1 atom stereocenters. The zero-order valence-corrected chi connectivity index (χ0v) is 18.3. The summed E-state index contributed by atoms with van der Waals surface area (Å²) < 4.78 is 31.1. The number of hydrogen-bond donors (Lipinski definition) is 1. The van der Waals surface area contributed by atoms with Crippen molar-refractivity contribution in [3.05, 3.63) is 41.6 Å². The summed E-state index contributed by atoms with van der Waals surface area (Å²) in [6.07, 6.45) is 2.48. The minimum absolute atomic E-state index is 0.0429. The van der Waals surface area contributed by atoms with E-state index in [1.807, 2.05) is 31.2 Å². The zero-order chi connectivity index (χ0) is 21.8. The predicted molar refractivity (Wildman–Crippen MR) is 117 cm³/mol. The molecule has 0 bridgehead atoms. The maximum atomic E-state index is 13.1. The molecular formula is C22H24N4O4S. The second-order valence-electron chi connectivity index (χ2n) is 8.32. The van der Waals surface area contributed by atoms with Gasteiger partial charge in [0.1, 0.15) is 5.75 Å². The van der Waals surface area contributed by atoms with Crippen LogP contribution in [0.3, 0.4) is 0 Å². The molecule has 2 fully saturated rings. The topological polar surface area (TPSA) is 103 Å². The highest BCUT2D eigenvalue weighted by molar-refractivity contribution is 7.91. The van der Waals surface area contributed by atoms with Gasteiger partial charge >= 0.3 is 0 Å². The Morgan fingerprint density at radius 1 is 1.19 bits per heavy atom. The largest absolute Gasteiger partial charge is 0.497 e. The van der Waals surface area contributed by atoms with E-state index < -0.39 is 9.84 Å². The van der Waals surface area contributed by atoms with Crippen molar-refractivity contribution in [2.24, 2.45) is 0 Å². The minimum atomic E-state index is -3.09. The van der Waals surface area contributed by atoms with Crippen molar-refractivity contribution in [1.82, 2.24) is 20.1 Å². The molecule has 8 nitrogen and oxygen atoms in total. The van der Waals surface area contributed by atoms with Gasteiger partial charge in [-0.15, -0.1) is 0 Å². The molecule has 1 saturated heterocycles. The highest BCUT2D eigenvalue weighted by Crippen LogP contribution is 2.33. The first-order valence-electron chi connectivity index (χ1n) is 10.4. The molecule has 1 saturated carbocycles. The van der Waals surface area contributed by atoms with Crippen molar-refractivity contribution in [3.8, 4) is 17.0 Å². The highest BCUT2D eigenvalue weighted by Gasteiger charge is 2.33. The number of pyridine rings is 1. The molecule has 0 radical (unpaired) electrons. The smallest absolute Gasteiger partial charge is 0.252 e. The van der Waals surface area contributed by atoms with E-state index in [9.17, 15) is 13.2 Å². The van der Waals surface area contributed by atoms with Crippen LogP contribution < -0.4 is 10.1 Å². The zero-order valence-electron chi connectivity index (χ0n) is 17.5. The number of methoxy groups -OCH3 is 1. The van der Waals surface area contributed by atoms with E-state index in [1.54, 1.807) is 17.9 Å². The van der Waals surface area contributed by atoms with Crippen molar-refractivity contribution in [2.75, 3.05) is 18.6 Å². The number of nitrogens with zero attached hydrogens (tertiary/aromatic N) is 3. The van der Waals surface area contributed by atoms with Crippen molar-refractivity contribution < 1.29 is 17.9 Å². The first-order valence-corrected chi connectivity index (χ1v) is 12.2. The van der Waals surface area contributed by atoms with Gasteiger partial charge in [-0.2, -0.15) is 5.10 Å². The molecule has 1 aliphatic carbocycles. The van der Waals surface area contributed by atoms with Crippen LogP contribution in [-0.4, -0.2) is 53.7 Å². The van der Waals surface area contributed by atoms with E-state index in [1.165, 1.54) is 0 Å². The summed E-state index contributed by atoms with van der Waals surface area (Å²) in [5, 5.41) is 8.37. The van der Waals surface area contributed by atoms with Crippen LogP contribution in [0.4, 0.5) is 0 Å². The lowest BCUT2D eigenvalue weighted by Crippen LogP contribution is -2.25. The van der Waals surface area contributed by atoms with Crippen molar-refractivity contribution >= 4 is 26.8 Å². The first kappa shape index (κ1) is 20.0. The lowest BCUT2D eigenvalue weighted by molar-refractivity contribution is 0.0952. The molecule has 3 heterocycles. The van der Waals surface area contributed by atoms with E-state index >= 15 is 0 Å². The van der Waals surface area contributed by atoms with Gasteiger partial charge < -0.3 is 10.1 Å². The van der Waals surface area contributed by atoms with Gasteiger partial charge in [0.25, 0.3) is 5.91 Å². The maximum Gasteiger partial charge on any atom is 0.252 e. The molecule has 31 heavy (non-hydrogen) atoms. The third kappa shape index (κ3) is 3.78. The molecule has 3 aromatic rings. The van der Waals surface area contributed by atoms with Crippen LogP contribution in [0.2, 0.25) is 0 Å². The summed E-state index contributed by atoms with van der Waals surface area (Å²) in [4.78, 5) is 17.9. The van der Waals surface area contributed by atoms with Crippen molar-refractivity contribution in [3.63, 3.8) is 0 Å². The molecule has 1 aliphatic heterocycles. The lowest BCUT2D eigenvalue weighted by Gasteiger charge is -2.12. The number of hydrogen-bond acceptors (Lipinski definition) is 6. The number of nitrogens with one attached hydrogen (secondary N) is 1. The Morgan fingerprint density at radius 2 is 1.94 bits per heavy atom. The predicted octanol–water partition coefficient (Wildman–Crippen LogP) is 2.67. The number of benzene rings is 1. The number of fused-ring (bicyclic) bond motifs is 1. The summed E-state index contributed by atoms with van der Waals surface area (Å²) in [5.74, 6) is 0.770. The van der Waals surface area contributed by atoms with Crippen LogP contribution in [0.5, 0.6) is 5.75 Å². The van der Waals surface area contributed by atoms with Crippen LogP contribution in [0.1, 0.15) is 41.4 Å². The molecule has 2 aromatic heterocycles. The normalized spacial score (nSPS) is 20.1. The molecular weight excluding hydrogens is 416 g/mol. The average molecular weight is 441 g/mol. The van der Waals surface area contributed by atoms with E-state index in [0.717, 1.165) is 24.2 Å². The molecule has 0 spiro atoms. The monoisotopic (exact) mass is 440 g/mol. The van der Waals surface area contributed by atoms with Crippen molar-refractivity contribution in [2.45, 2.75) is 38.3 Å². The Balaban J connectivity index is 1.68. The summed E-state index contributed by atoms with van der Waals surface area (Å²) in [6, 6.07) is 9.21. The van der Waals surface area contributed by atoms with Crippen molar-refractivity contribution in [1.29, 1.82) is 0 Å². The molecule has 1 aromatic carbocycles. The number of carbonyl (C=O) groups is 1. The quantitative estimate of drug-likeness (QED) is 0.654. The fourth-order valence-electron chi connectivity index (χ4n) is 4.12. The first-order chi connectivity index (χ1) is 14.8. The standard InChI is InChI=1S/C22H24N4O4S/c1-13-20-18(22(27)23-15-5-6-15)11-19(14-3-7-17(30-2)8-4-14)24-21(20)26(25-13)16-9-10-31(28,29)12-16/h3-4,7-8,11,15-16H,5-6,9-10,12H2,1-2H3,(H,23,27)/t16-/m1/s1. The van der Waals surface area contributed by atoms with Gasteiger partial charge in [-0.25, -0.2) is 18.1 Å². The highest BCUT2D eigenvalue weighted by atomic mass is 32.2. The fraction of sp³-hybridized carbons (Fsp3) is 0.409. The molecule has 0 unspecified atom stereocenters. The van der Waals surface area contributed by atoms with Crippen LogP contribution in [-0.2, 0) is 9.84 Å². The van der Waals surface area contributed by atoms with Gasteiger partial charge in [-0.05, 0) is 56.5 Å². The third-order valence-corrected chi connectivity index (χ3v) is 7.68. The Labute approximate surface area is 180 Å². The Morgan fingerprint density at radius 3 is 2.55 bits per heavy atom. The second-order valence-corrected chi connectivity index (χ2v) is 10.5. The number of amides is 1.